The van der Waals surface area contributed by atoms with Gasteiger partial charge in [0.05, 0.1) is 24.8 Å². The first-order chi connectivity index (χ1) is 13.3. The third kappa shape index (κ3) is 3.73. The highest BCUT2D eigenvalue weighted by atomic mass is 32.2. The molecule has 0 bridgehead atoms. The largest absolute Gasteiger partial charge is 0.495 e. The van der Waals surface area contributed by atoms with Crippen molar-refractivity contribution in [2.24, 2.45) is 5.92 Å². The van der Waals surface area contributed by atoms with E-state index in [1.54, 1.807) is 0 Å². The fourth-order valence-corrected chi connectivity index (χ4v) is 6.25. The smallest absolute Gasteiger partial charge is 0.324 e. The highest BCUT2D eigenvalue weighted by Crippen LogP contribution is 2.43. The minimum Gasteiger partial charge on any atom is -0.495 e. The van der Waals surface area contributed by atoms with Crippen molar-refractivity contribution in [3.8, 4) is 5.75 Å². The van der Waals surface area contributed by atoms with E-state index < -0.39 is 22.0 Å². The summed E-state index contributed by atoms with van der Waals surface area (Å²) in [6.07, 6.45) is 4.08. The van der Waals surface area contributed by atoms with Crippen LogP contribution in [0.2, 0.25) is 0 Å². The van der Waals surface area contributed by atoms with Crippen molar-refractivity contribution in [2.45, 2.75) is 56.0 Å². The Morgan fingerprint density at radius 3 is 2.54 bits per heavy atom. The van der Waals surface area contributed by atoms with Crippen molar-refractivity contribution in [1.82, 2.24) is 4.31 Å². The lowest BCUT2D eigenvalue weighted by atomic mass is 9.85. The zero-order valence-electron chi connectivity index (χ0n) is 16.3. The number of fused-ring (bicyclic) bond motifs is 1. The zero-order chi connectivity index (χ0) is 20.5. The number of hydrogen-bond donors (Lipinski definition) is 1. The molecule has 154 valence electrons. The third-order valence-corrected chi connectivity index (χ3v) is 7.49. The Morgan fingerprint density at radius 2 is 1.89 bits per heavy atom. The Labute approximate surface area is 165 Å². The molecule has 0 radical (unpaired) electrons. The Bertz CT molecular complexity index is 869. The lowest BCUT2D eigenvalue weighted by Gasteiger charge is -2.32. The van der Waals surface area contributed by atoms with Gasteiger partial charge in [-0.25, -0.2) is 8.42 Å². The number of ether oxygens (including phenoxy) is 2. The van der Waals surface area contributed by atoms with Crippen LogP contribution in [0.5, 0.6) is 5.75 Å². The molecule has 0 spiro atoms. The van der Waals surface area contributed by atoms with Crippen LogP contribution in [-0.4, -0.2) is 50.9 Å². The number of anilines is 1. The fraction of sp³-hybridized carbons (Fsp3) is 0.579. The van der Waals surface area contributed by atoms with Crippen molar-refractivity contribution in [3.63, 3.8) is 0 Å². The first-order valence-corrected chi connectivity index (χ1v) is 10.8. The molecule has 1 heterocycles. The number of benzene rings is 1. The zero-order valence-corrected chi connectivity index (χ0v) is 17.1. The summed E-state index contributed by atoms with van der Waals surface area (Å²) in [5.74, 6) is -0.362. The van der Waals surface area contributed by atoms with Gasteiger partial charge in [-0.2, -0.15) is 4.31 Å². The number of amides is 1. The van der Waals surface area contributed by atoms with Crippen LogP contribution in [0.4, 0.5) is 5.69 Å². The first-order valence-electron chi connectivity index (χ1n) is 9.36. The van der Waals surface area contributed by atoms with Crippen molar-refractivity contribution in [3.05, 3.63) is 18.2 Å². The van der Waals surface area contributed by atoms with Gasteiger partial charge in [-0.3, -0.25) is 9.59 Å². The van der Waals surface area contributed by atoms with E-state index in [2.05, 4.69) is 5.32 Å². The number of hydrogen-bond acceptors (Lipinski definition) is 6. The van der Waals surface area contributed by atoms with Gasteiger partial charge in [0.15, 0.2) is 0 Å². The standard InChI is InChI=1S/C19H26N2O6S/c1-12(22)20-15-11-14(8-9-18(15)26-2)28(24,25)21-16-7-5-4-6-13(16)10-17(21)19(23)27-3/h8-9,11,13,16-17H,4-7,10H2,1-3H3,(H,20,22)/t13-,16-,17-/m0/s1. The Balaban J connectivity index is 2.04. The molecule has 0 aromatic heterocycles. The Hall–Kier alpha value is -2.13. The predicted molar refractivity (Wildman–Crippen MR) is 102 cm³/mol. The van der Waals surface area contributed by atoms with Gasteiger partial charge in [0, 0.05) is 13.0 Å². The summed E-state index contributed by atoms with van der Waals surface area (Å²) in [4.78, 5) is 23.8. The molecule has 1 aromatic rings. The molecule has 0 unspecified atom stereocenters. The number of nitrogens with one attached hydrogen (secondary N) is 1. The minimum absolute atomic E-state index is 0.0113. The number of carbonyl (C=O) groups is 2. The van der Waals surface area contributed by atoms with Crippen molar-refractivity contribution in [2.75, 3.05) is 19.5 Å². The quantitative estimate of drug-likeness (QED) is 0.747. The molecule has 2 fully saturated rings. The lowest BCUT2D eigenvalue weighted by molar-refractivity contribution is -0.144. The number of carbonyl (C=O) groups excluding carboxylic acids is 2. The molecule has 1 saturated heterocycles. The van der Waals surface area contributed by atoms with Crippen LogP contribution in [0.1, 0.15) is 39.0 Å². The maximum atomic E-state index is 13.5. The van der Waals surface area contributed by atoms with Crippen LogP contribution in [-0.2, 0) is 24.3 Å². The molecule has 3 rings (SSSR count). The fourth-order valence-electron chi connectivity index (χ4n) is 4.36. The van der Waals surface area contributed by atoms with Crippen molar-refractivity contribution in [1.29, 1.82) is 0 Å². The lowest BCUT2D eigenvalue weighted by Crippen LogP contribution is -2.46. The van der Waals surface area contributed by atoms with Crippen LogP contribution in [0.3, 0.4) is 0 Å². The van der Waals surface area contributed by atoms with Gasteiger partial charge in [-0.05, 0) is 43.4 Å². The highest BCUT2D eigenvalue weighted by Gasteiger charge is 2.51. The molecule has 1 aliphatic heterocycles. The monoisotopic (exact) mass is 410 g/mol. The average Bonchev–Trinajstić information content (AvgIpc) is 3.07. The molecule has 28 heavy (non-hydrogen) atoms. The maximum Gasteiger partial charge on any atom is 0.324 e. The van der Waals surface area contributed by atoms with E-state index in [-0.39, 0.29) is 28.4 Å². The van der Waals surface area contributed by atoms with Gasteiger partial charge in [0.25, 0.3) is 0 Å². The summed E-state index contributed by atoms with van der Waals surface area (Å²) in [5, 5.41) is 2.59. The Kier molecular flexibility index (Phi) is 5.95. The molecule has 1 amide bonds. The van der Waals surface area contributed by atoms with Crippen LogP contribution in [0, 0.1) is 5.92 Å². The van der Waals surface area contributed by atoms with Gasteiger partial charge in [-0.1, -0.05) is 12.8 Å². The van der Waals surface area contributed by atoms with Gasteiger partial charge in [0.2, 0.25) is 15.9 Å². The average molecular weight is 410 g/mol. The predicted octanol–water partition coefficient (Wildman–Crippen LogP) is 2.15. The van der Waals surface area contributed by atoms with E-state index in [4.69, 9.17) is 9.47 Å². The second-order valence-corrected chi connectivity index (χ2v) is 9.11. The summed E-state index contributed by atoms with van der Waals surface area (Å²) in [7, 11) is -1.26. The summed E-state index contributed by atoms with van der Waals surface area (Å²) < 4.78 is 38.5. The van der Waals surface area contributed by atoms with Crippen LogP contribution >= 0.6 is 0 Å². The maximum absolute atomic E-state index is 13.5. The first kappa shape index (κ1) is 20.6. The van der Waals surface area contributed by atoms with Crippen LogP contribution in [0.25, 0.3) is 0 Å². The molecule has 3 atom stereocenters. The van der Waals surface area contributed by atoms with Gasteiger partial charge in [-0.15, -0.1) is 0 Å². The van der Waals surface area contributed by atoms with Crippen molar-refractivity contribution < 1.29 is 27.5 Å². The third-order valence-electron chi connectivity index (χ3n) is 5.56. The van der Waals surface area contributed by atoms with E-state index in [1.165, 1.54) is 43.6 Å². The number of nitrogens with zero attached hydrogens (tertiary/aromatic N) is 1. The van der Waals surface area contributed by atoms with E-state index in [0.717, 1.165) is 25.7 Å². The van der Waals surface area contributed by atoms with E-state index in [0.29, 0.717) is 12.2 Å². The van der Waals surface area contributed by atoms with Crippen LogP contribution < -0.4 is 10.1 Å². The highest BCUT2D eigenvalue weighted by molar-refractivity contribution is 7.89. The molecule has 1 aliphatic carbocycles. The van der Waals surface area contributed by atoms with Crippen LogP contribution in [0.15, 0.2) is 23.1 Å². The number of sulfonamides is 1. The number of methoxy groups -OCH3 is 2. The van der Waals surface area contributed by atoms with E-state index in [9.17, 15) is 18.0 Å². The van der Waals surface area contributed by atoms with Gasteiger partial charge in [0.1, 0.15) is 11.8 Å². The molecule has 2 aliphatic rings. The van der Waals surface area contributed by atoms with Gasteiger partial charge >= 0.3 is 5.97 Å². The second kappa shape index (κ2) is 8.08. The number of esters is 1. The topological polar surface area (TPSA) is 102 Å². The molecule has 1 aromatic carbocycles. The summed E-state index contributed by atoms with van der Waals surface area (Å²) in [5.41, 5.74) is 0.269. The molecular weight excluding hydrogens is 384 g/mol. The molecule has 1 saturated carbocycles. The van der Waals surface area contributed by atoms with Crippen molar-refractivity contribution >= 4 is 27.6 Å². The minimum atomic E-state index is -3.97. The summed E-state index contributed by atoms with van der Waals surface area (Å²) in [6.45, 7) is 1.33. The Morgan fingerprint density at radius 1 is 1.18 bits per heavy atom. The van der Waals surface area contributed by atoms with E-state index in [1.807, 2.05) is 0 Å². The van der Waals surface area contributed by atoms with Gasteiger partial charge < -0.3 is 14.8 Å². The SMILES string of the molecule is COC(=O)[C@@H]1C[C@@H]2CCCC[C@@H]2N1S(=O)(=O)c1ccc(OC)c(NC(C)=O)c1. The molecule has 9 heteroatoms. The van der Waals surface area contributed by atoms with E-state index >= 15 is 0 Å². The molecule has 1 N–H and O–H groups in total. The summed E-state index contributed by atoms with van der Waals surface area (Å²) >= 11 is 0. The summed E-state index contributed by atoms with van der Waals surface area (Å²) in [6, 6.07) is 3.27. The second-order valence-electron chi connectivity index (χ2n) is 7.26. The molecular formula is C19H26N2O6S. The normalized spacial score (nSPS) is 25.0. The number of rotatable bonds is 5. The molecule has 8 nitrogen and oxygen atoms in total.